The highest BCUT2D eigenvalue weighted by Crippen LogP contribution is 2.26. The molecule has 0 fully saturated rings. The second-order valence-corrected chi connectivity index (χ2v) is 5.98. The van der Waals surface area contributed by atoms with Gasteiger partial charge in [0.1, 0.15) is 5.75 Å². The lowest BCUT2D eigenvalue weighted by molar-refractivity contribution is 0.234. The lowest BCUT2D eigenvalue weighted by Gasteiger charge is -2.25. The quantitative estimate of drug-likeness (QED) is 0.855. The van der Waals surface area contributed by atoms with E-state index in [1.807, 2.05) is 0 Å². The van der Waals surface area contributed by atoms with Crippen LogP contribution in [-0.2, 0) is 13.0 Å². The molecule has 0 bridgehead atoms. The summed E-state index contributed by atoms with van der Waals surface area (Å²) >= 11 is 0. The standard InChI is InChI=1S/C16H26N2O/c1-12(2)15(9-17)11-18(3)10-13-4-5-16-14(8-13)6-7-19-16/h4-5,8,12,15H,6-7,9-11,17H2,1-3H3. The Labute approximate surface area is 116 Å². The third kappa shape index (κ3) is 3.71. The molecular weight excluding hydrogens is 236 g/mol. The van der Waals surface area contributed by atoms with Crippen molar-refractivity contribution in [2.24, 2.45) is 17.6 Å². The lowest BCUT2D eigenvalue weighted by Crippen LogP contribution is -2.32. The molecule has 1 heterocycles. The van der Waals surface area contributed by atoms with Gasteiger partial charge in [0.15, 0.2) is 0 Å². The number of hydrogen-bond acceptors (Lipinski definition) is 3. The van der Waals surface area contributed by atoms with Crippen LogP contribution in [0.4, 0.5) is 0 Å². The van der Waals surface area contributed by atoms with E-state index >= 15 is 0 Å². The van der Waals surface area contributed by atoms with Crippen molar-refractivity contribution in [1.82, 2.24) is 4.90 Å². The molecule has 0 aromatic heterocycles. The Balaban J connectivity index is 1.93. The van der Waals surface area contributed by atoms with Gasteiger partial charge in [-0.25, -0.2) is 0 Å². The minimum Gasteiger partial charge on any atom is -0.493 e. The highest BCUT2D eigenvalue weighted by atomic mass is 16.5. The van der Waals surface area contributed by atoms with Crippen LogP contribution in [0.1, 0.15) is 25.0 Å². The zero-order valence-electron chi connectivity index (χ0n) is 12.4. The average molecular weight is 262 g/mol. The minimum atomic E-state index is 0.572. The van der Waals surface area contributed by atoms with Crippen LogP contribution < -0.4 is 10.5 Å². The molecule has 1 aromatic rings. The maximum atomic E-state index is 5.85. The Kier molecular flexibility index (Phi) is 4.83. The van der Waals surface area contributed by atoms with Gasteiger partial charge in [0.2, 0.25) is 0 Å². The third-order valence-electron chi connectivity index (χ3n) is 4.00. The lowest BCUT2D eigenvalue weighted by atomic mass is 9.95. The van der Waals surface area contributed by atoms with Crippen molar-refractivity contribution in [3.8, 4) is 5.75 Å². The molecule has 0 radical (unpaired) electrons. The van der Waals surface area contributed by atoms with Crippen LogP contribution in [0.25, 0.3) is 0 Å². The summed E-state index contributed by atoms with van der Waals surface area (Å²) < 4.78 is 5.54. The fourth-order valence-electron chi connectivity index (χ4n) is 2.67. The van der Waals surface area contributed by atoms with Crippen molar-refractivity contribution >= 4 is 0 Å². The van der Waals surface area contributed by atoms with Crippen molar-refractivity contribution in [3.05, 3.63) is 29.3 Å². The summed E-state index contributed by atoms with van der Waals surface area (Å²) in [5.41, 5.74) is 8.56. The molecule has 0 spiro atoms. The van der Waals surface area contributed by atoms with Crippen molar-refractivity contribution in [3.63, 3.8) is 0 Å². The van der Waals surface area contributed by atoms with Gasteiger partial charge in [-0.2, -0.15) is 0 Å². The summed E-state index contributed by atoms with van der Waals surface area (Å²) in [7, 11) is 2.18. The van der Waals surface area contributed by atoms with E-state index in [2.05, 4.69) is 44.0 Å². The van der Waals surface area contributed by atoms with E-state index < -0.39 is 0 Å². The number of ether oxygens (including phenoxy) is 1. The van der Waals surface area contributed by atoms with Gasteiger partial charge in [-0.15, -0.1) is 0 Å². The van der Waals surface area contributed by atoms with Crippen LogP contribution in [0.3, 0.4) is 0 Å². The fraction of sp³-hybridized carbons (Fsp3) is 0.625. The smallest absolute Gasteiger partial charge is 0.122 e. The number of fused-ring (bicyclic) bond motifs is 1. The van der Waals surface area contributed by atoms with E-state index in [1.165, 1.54) is 11.1 Å². The van der Waals surface area contributed by atoms with E-state index in [0.717, 1.165) is 38.4 Å². The van der Waals surface area contributed by atoms with Crippen LogP contribution in [0.2, 0.25) is 0 Å². The first-order valence-electron chi connectivity index (χ1n) is 7.23. The van der Waals surface area contributed by atoms with E-state index in [-0.39, 0.29) is 0 Å². The molecule has 1 unspecified atom stereocenters. The first-order valence-corrected chi connectivity index (χ1v) is 7.23. The molecule has 0 saturated carbocycles. The maximum absolute atomic E-state index is 5.85. The molecule has 1 aliphatic rings. The van der Waals surface area contributed by atoms with Gasteiger partial charge < -0.3 is 15.4 Å². The van der Waals surface area contributed by atoms with Gasteiger partial charge in [0.05, 0.1) is 6.61 Å². The SMILES string of the molecule is CC(C)C(CN)CN(C)Cc1ccc2c(c1)CCO2. The van der Waals surface area contributed by atoms with Crippen molar-refractivity contribution in [2.45, 2.75) is 26.8 Å². The zero-order chi connectivity index (χ0) is 13.8. The second-order valence-electron chi connectivity index (χ2n) is 5.98. The molecule has 19 heavy (non-hydrogen) atoms. The van der Waals surface area contributed by atoms with Crippen molar-refractivity contribution in [2.75, 3.05) is 26.7 Å². The Morgan fingerprint density at radius 3 is 2.84 bits per heavy atom. The molecule has 0 amide bonds. The number of hydrogen-bond donors (Lipinski definition) is 1. The molecule has 0 saturated heterocycles. The third-order valence-corrected chi connectivity index (χ3v) is 4.00. The molecule has 106 valence electrons. The van der Waals surface area contributed by atoms with Crippen molar-refractivity contribution in [1.29, 1.82) is 0 Å². The van der Waals surface area contributed by atoms with Crippen LogP contribution in [0, 0.1) is 11.8 Å². The first-order chi connectivity index (χ1) is 9.10. The molecule has 1 aromatic carbocycles. The van der Waals surface area contributed by atoms with E-state index in [0.29, 0.717) is 11.8 Å². The summed E-state index contributed by atoms with van der Waals surface area (Å²) in [5, 5.41) is 0. The minimum absolute atomic E-state index is 0.572. The van der Waals surface area contributed by atoms with Gasteiger partial charge in [-0.1, -0.05) is 26.0 Å². The van der Waals surface area contributed by atoms with Gasteiger partial charge in [0, 0.05) is 19.5 Å². The summed E-state index contributed by atoms with van der Waals surface area (Å²) in [5.74, 6) is 2.28. The van der Waals surface area contributed by atoms with Gasteiger partial charge in [-0.3, -0.25) is 0 Å². The van der Waals surface area contributed by atoms with Gasteiger partial charge in [0.25, 0.3) is 0 Å². The fourth-order valence-corrected chi connectivity index (χ4v) is 2.67. The summed E-state index contributed by atoms with van der Waals surface area (Å²) in [6.07, 6.45) is 1.05. The molecule has 2 N–H and O–H groups in total. The monoisotopic (exact) mass is 262 g/mol. The Morgan fingerprint density at radius 1 is 1.37 bits per heavy atom. The molecule has 3 heteroatoms. The Morgan fingerprint density at radius 2 is 2.16 bits per heavy atom. The molecule has 0 aliphatic carbocycles. The second kappa shape index (κ2) is 6.40. The normalized spacial score (nSPS) is 15.7. The summed E-state index contributed by atoms with van der Waals surface area (Å²) in [6.45, 7) is 8.13. The predicted octanol–water partition coefficient (Wildman–Crippen LogP) is 2.28. The van der Waals surface area contributed by atoms with Gasteiger partial charge in [-0.05, 0) is 42.6 Å². The summed E-state index contributed by atoms with van der Waals surface area (Å²) in [4.78, 5) is 2.37. The van der Waals surface area contributed by atoms with Crippen LogP contribution >= 0.6 is 0 Å². The van der Waals surface area contributed by atoms with Crippen molar-refractivity contribution < 1.29 is 4.74 Å². The largest absolute Gasteiger partial charge is 0.493 e. The molecule has 1 aliphatic heterocycles. The zero-order valence-corrected chi connectivity index (χ0v) is 12.4. The maximum Gasteiger partial charge on any atom is 0.122 e. The predicted molar refractivity (Wildman–Crippen MR) is 79.4 cm³/mol. The number of benzene rings is 1. The van der Waals surface area contributed by atoms with E-state index in [1.54, 1.807) is 0 Å². The molecule has 1 atom stereocenters. The number of nitrogens with zero attached hydrogens (tertiary/aromatic N) is 1. The Hall–Kier alpha value is -1.06. The van der Waals surface area contributed by atoms with Crippen LogP contribution in [0.15, 0.2) is 18.2 Å². The first kappa shape index (κ1) is 14.4. The van der Waals surface area contributed by atoms with Crippen LogP contribution in [-0.4, -0.2) is 31.6 Å². The molecule has 2 rings (SSSR count). The van der Waals surface area contributed by atoms with E-state index in [9.17, 15) is 0 Å². The Bertz CT molecular complexity index is 417. The topological polar surface area (TPSA) is 38.5 Å². The highest BCUT2D eigenvalue weighted by Gasteiger charge is 2.16. The van der Waals surface area contributed by atoms with Crippen LogP contribution in [0.5, 0.6) is 5.75 Å². The average Bonchev–Trinajstić information content (AvgIpc) is 2.82. The highest BCUT2D eigenvalue weighted by molar-refractivity contribution is 5.39. The van der Waals surface area contributed by atoms with Gasteiger partial charge >= 0.3 is 0 Å². The summed E-state index contributed by atoms with van der Waals surface area (Å²) in [6, 6.07) is 6.56. The number of rotatable bonds is 6. The molecule has 3 nitrogen and oxygen atoms in total. The molecular formula is C16H26N2O. The number of nitrogens with two attached hydrogens (primary N) is 1. The van der Waals surface area contributed by atoms with E-state index in [4.69, 9.17) is 10.5 Å².